The first-order chi connectivity index (χ1) is 12.4. The molecular weight excluding hydrogens is 336 g/mol. The predicted molar refractivity (Wildman–Crippen MR) is 96.5 cm³/mol. The fourth-order valence-corrected chi connectivity index (χ4v) is 3.05. The molecule has 0 atom stereocenters. The highest BCUT2D eigenvalue weighted by Crippen LogP contribution is 2.42. The third kappa shape index (κ3) is 4.18. The quantitative estimate of drug-likeness (QED) is 0.432. The van der Waals surface area contributed by atoms with Gasteiger partial charge < -0.3 is 19.3 Å². The molecule has 6 heteroatoms. The van der Waals surface area contributed by atoms with Crippen LogP contribution in [-0.2, 0) is 27.3 Å². The number of methoxy groups -OCH3 is 1. The second kappa shape index (κ2) is 8.74. The van der Waals surface area contributed by atoms with Crippen molar-refractivity contribution in [1.82, 2.24) is 0 Å². The Labute approximate surface area is 153 Å². The van der Waals surface area contributed by atoms with Crippen LogP contribution in [0.4, 0.5) is 0 Å². The van der Waals surface area contributed by atoms with E-state index >= 15 is 0 Å². The zero-order valence-corrected chi connectivity index (χ0v) is 15.8. The topological polar surface area (TPSA) is 82.1 Å². The number of cyclic esters (lactones) is 1. The summed E-state index contributed by atoms with van der Waals surface area (Å²) in [4.78, 5) is 23.0. The van der Waals surface area contributed by atoms with Gasteiger partial charge in [-0.3, -0.25) is 4.79 Å². The van der Waals surface area contributed by atoms with Gasteiger partial charge in [0.15, 0.2) is 0 Å². The van der Waals surface area contributed by atoms with Gasteiger partial charge in [-0.25, -0.2) is 4.79 Å². The van der Waals surface area contributed by atoms with Crippen LogP contribution in [0.25, 0.3) is 0 Å². The summed E-state index contributed by atoms with van der Waals surface area (Å²) in [5.41, 5.74) is 3.44. The molecule has 0 aliphatic carbocycles. The molecule has 1 aromatic carbocycles. The summed E-state index contributed by atoms with van der Waals surface area (Å²) in [6.45, 7) is 6.17. The van der Waals surface area contributed by atoms with Crippen molar-refractivity contribution in [3.8, 4) is 11.5 Å². The molecule has 0 saturated carbocycles. The van der Waals surface area contributed by atoms with Crippen molar-refractivity contribution in [2.24, 2.45) is 0 Å². The van der Waals surface area contributed by atoms with E-state index in [1.807, 2.05) is 19.9 Å². The number of benzene rings is 1. The first kappa shape index (κ1) is 19.8. The van der Waals surface area contributed by atoms with Crippen LogP contribution in [0.1, 0.15) is 60.2 Å². The maximum absolute atomic E-state index is 11.9. The number of rotatable bonds is 8. The minimum Gasteiger partial charge on any atom is -0.507 e. The van der Waals surface area contributed by atoms with Gasteiger partial charge in [0.2, 0.25) is 0 Å². The highest BCUT2D eigenvalue weighted by molar-refractivity contribution is 5.98. The number of carbonyl (C=O) groups is 2. The lowest BCUT2D eigenvalue weighted by molar-refractivity contribution is -0.143. The van der Waals surface area contributed by atoms with E-state index in [9.17, 15) is 14.7 Å². The predicted octanol–water partition coefficient (Wildman–Crippen LogP) is 3.60. The number of carbonyl (C=O) groups excluding carboxylic acids is 2. The van der Waals surface area contributed by atoms with Crippen molar-refractivity contribution in [1.29, 1.82) is 0 Å². The van der Waals surface area contributed by atoms with E-state index < -0.39 is 5.97 Å². The Morgan fingerprint density at radius 3 is 2.77 bits per heavy atom. The molecule has 142 valence electrons. The number of phenolic OH excluding ortho intramolecular Hbond substituents is 1. The number of allylic oxidation sites excluding steroid dienone is 2. The molecular formula is C20H26O6. The highest BCUT2D eigenvalue weighted by atomic mass is 16.5. The van der Waals surface area contributed by atoms with E-state index in [1.54, 1.807) is 14.0 Å². The van der Waals surface area contributed by atoms with Crippen LogP contribution in [0.3, 0.4) is 0 Å². The van der Waals surface area contributed by atoms with Gasteiger partial charge in [-0.05, 0) is 38.7 Å². The fourth-order valence-electron chi connectivity index (χ4n) is 3.05. The number of esters is 2. The lowest BCUT2D eigenvalue weighted by atomic mass is 9.94. The SMILES string of the molecule is CCC(=O)OCCC/C(C)=C/Cc1c(O)c2c(c(C)c1OC)COC2=O. The number of fused-ring (bicyclic) bond motifs is 1. The van der Waals surface area contributed by atoms with Gasteiger partial charge in [-0.2, -0.15) is 0 Å². The Balaban J connectivity index is 2.11. The molecule has 1 heterocycles. The Kier molecular flexibility index (Phi) is 6.66. The molecule has 26 heavy (non-hydrogen) atoms. The second-order valence-corrected chi connectivity index (χ2v) is 6.35. The van der Waals surface area contributed by atoms with Crippen molar-refractivity contribution >= 4 is 11.9 Å². The Morgan fingerprint density at radius 2 is 2.12 bits per heavy atom. The van der Waals surface area contributed by atoms with Crippen molar-refractivity contribution in [2.45, 2.75) is 53.1 Å². The summed E-state index contributed by atoms with van der Waals surface area (Å²) >= 11 is 0. The minimum absolute atomic E-state index is 0.0640. The average molecular weight is 362 g/mol. The van der Waals surface area contributed by atoms with E-state index in [0.717, 1.165) is 24.0 Å². The van der Waals surface area contributed by atoms with Gasteiger partial charge in [0.25, 0.3) is 0 Å². The zero-order valence-electron chi connectivity index (χ0n) is 15.8. The molecule has 0 aromatic heterocycles. The summed E-state index contributed by atoms with van der Waals surface area (Å²) in [6.07, 6.45) is 4.34. The largest absolute Gasteiger partial charge is 0.507 e. The number of hydrogen-bond donors (Lipinski definition) is 1. The number of aromatic hydroxyl groups is 1. The Bertz CT molecular complexity index is 733. The number of hydrogen-bond acceptors (Lipinski definition) is 6. The maximum Gasteiger partial charge on any atom is 0.342 e. The van der Waals surface area contributed by atoms with Crippen LogP contribution >= 0.6 is 0 Å². The van der Waals surface area contributed by atoms with Gasteiger partial charge in [0.05, 0.1) is 13.7 Å². The van der Waals surface area contributed by atoms with Gasteiger partial charge in [0.1, 0.15) is 23.7 Å². The first-order valence-electron chi connectivity index (χ1n) is 8.80. The minimum atomic E-state index is -0.497. The van der Waals surface area contributed by atoms with Gasteiger partial charge >= 0.3 is 11.9 Å². The highest BCUT2D eigenvalue weighted by Gasteiger charge is 2.31. The standard InChI is InChI=1S/C20H26O6/c1-5-16(21)25-10-6-7-12(2)8-9-14-18(22)17-15(11-26-20(17)23)13(3)19(14)24-4/h8,22H,5-7,9-11H2,1-4H3/b12-8+. The normalized spacial score (nSPS) is 13.4. The van der Waals surface area contributed by atoms with E-state index in [2.05, 4.69) is 0 Å². The van der Waals surface area contributed by atoms with E-state index in [-0.39, 0.29) is 23.9 Å². The van der Waals surface area contributed by atoms with Gasteiger partial charge in [-0.15, -0.1) is 0 Å². The number of phenols is 1. The summed E-state index contributed by atoms with van der Waals surface area (Å²) in [5, 5.41) is 10.6. The third-order valence-corrected chi connectivity index (χ3v) is 4.57. The van der Waals surface area contributed by atoms with Crippen LogP contribution in [-0.4, -0.2) is 30.8 Å². The molecule has 0 saturated heterocycles. The molecule has 1 N–H and O–H groups in total. The summed E-state index contributed by atoms with van der Waals surface area (Å²) < 4.78 is 15.6. The van der Waals surface area contributed by atoms with Gasteiger partial charge in [0, 0.05) is 17.5 Å². The Morgan fingerprint density at radius 1 is 1.38 bits per heavy atom. The number of ether oxygens (including phenoxy) is 3. The molecule has 2 rings (SSSR count). The van der Waals surface area contributed by atoms with Crippen LogP contribution < -0.4 is 4.74 Å². The molecule has 0 spiro atoms. The summed E-state index contributed by atoms with van der Waals surface area (Å²) in [5.74, 6) is -0.170. The molecule has 0 amide bonds. The van der Waals surface area contributed by atoms with Crippen molar-refractivity contribution in [2.75, 3.05) is 13.7 Å². The van der Waals surface area contributed by atoms with E-state index in [0.29, 0.717) is 36.3 Å². The van der Waals surface area contributed by atoms with Crippen molar-refractivity contribution in [3.05, 3.63) is 33.9 Å². The molecule has 1 aromatic rings. The van der Waals surface area contributed by atoms with Crippen LogP contribution in [0.2, 0.25) is 0 Å². The summed E-state index contributed by atoms with van der Waals surface area (Å²) in [6, 6.07) is 0. The van der Waals surface area contributed by atoms with Crippen LogP contribution in [0.15, 0.2) is 11.6 Å². The molecule has 6 nitrogen and oxygen atoms in total. The average Bonchev–Trinajstić information content (AvgIpc) is 3.02. The lowest BCUT2D eigenvalue weighted by Crippen LogP contribution is -2.04. The molecule has 0 bridgehead atoms. The molecule has 1 aliphatic heterocycles. The van der Waals surface area contributed by atoms with Gasteiger partial charge in [-0.1, -0.05) is 18.6 Å². The fraction of sp³-hybridized carbons (Fsp3) is 0.500. The molecule has 1 aliphatic rings. The van der Waals surface area contributed by atoms with E-state index in [1.165, 1.54) is 0 Å². The van der Waals surface area contributed by atoms with Crippen molar-refractivity contribution < 1.29 is 28.9 Å². The second-order valence-electron chi connectivity index (χ2n) is 6.35. The van der Waals surface area contributed by atoms with E-state index in [4.69, 9.17) is 14.2 Å². The zero-order chi connectivity index (χ0) is 19.3. The molecule has 0 fully saturated rings. The van der Waals surface area contributed by atoms with Crippen molar-refractivity contribution in [3.63, 3.8) is 0 Å². The smallest absolute Gasteiger partial charge is 0.342 e. The Hall–Kier alpha value is -2.50. The summed E-state index contributed by atoms with van der Waals surface area (Å²) in [7, 11) is 1.55. The lowest BCUT2D eigenvalue weighted by Gasteiger charge is -2.15. The molecule has 0 unspecified atom stereocenters. The maximum atomic E-state index is 11.9. The first-order valence-corrected chi connectivity index (χ1v) is 8.80. The molecule has 0 radical (unpaired) electrons. The third-order valence-electron chi connectivity index (χ3n) is 4.57. The van der Waals surface area contributed by atoms with Crippen LogP contribution in [0, 0.1) is 6.92 Å². The van der Waals surface area contributed by atoms with Crippen LogP contribution in [0.5, 0.6) is 11.5 Å². The monoisotopic (exact) mass is 362 g/mol.